The van der Waals surface area contributed by atoms with Crippen LogP contribution >= 0.6 is 0 Å². The van der Waals surface area contributed by atoms with Crippen molar-refractivity contribution in [2.45, 2.75) is 65.5 Å². The number of anilines is 1. The molecule has 0 unspecified atom stereocenters. The molecule has 0 bridgehead atoms. The molecule has 0 spiro atoms. The monoisotopic (exact) mass is 549 g/mol. The predicted octanol–water partition coefficient (Wildman–Crippen LogP) is 5.17. The second kappa shape index (κ2) is 12.9. The first-order chi connectivity index (χ1) is 19.2. The maximum absolute atomic E-state index is 14.0. The highest BCUT2D eigenvalue weighted by Gasteiger charge is 2.48. The first-order valence-electron chi connectivity index (χ1n) is 14.3. The number of ether oxygens (including phenoxy) is 2. The van der Waals surface area contributed by atoms with E-state index in [1.807, 2.05) is 60.4 Å². The van der Waals surface area contributed by atoms with Crippen molar-refractivity contribution >= 4 is 17.6 Å². The molecule has 3 N–H and O–H groups in total. The standard InChI is InChI=1S/C32H43N3O5/c1-5-7-14-35(24-10-8-9-22(15-24)18-33)29(36)20-34-19-25(23-11-12-27-28(16-23)40-21-39-27)30(31(37)38)26(34)17-32(3,4)13-6-2/h6,8-13,15-16,25-26,30H,5,7,14,17-21,33H2,1-4H3,(H,37,38)/b13-6+/t25-,26+,30-/m1/s1. The van der Waals surface area contributed by atoms with Crippen LogP contribution in [0.2, 0.25) is 0 Å². The molecule has 1 saturated heterocycles. The number of nitrogens with zero attached hydrogens (tertiary/aromatic N) is 2. The van der Waals surface area contributed by atoms with Crippen molar-refractivity contribution in [3.05, 3.63) is 65.7 Å². The Labute approximate surface area is 237 Å². The Bertz CT molecular complexity index is 1230. The quantitative estimate of drug-likeness (QED) is 0.352. The van der Waals surface area contributed by atoms with Gasteiger partial charge in [-0.05, 0) is 60.6 Å². The fourth-order valence-electron chi connectivity index (χ4n) is 6.11. The topological polar surface area (TPSA) is 105 Å². The number of rotatable bonds is 12. The highest BCUT2D eigenvalue weighted by Crippen LogP contribution is 2.45. The molecule has 2 aromatic carbocycles. The zero-order chi connectivity index (χ0) is 28.9. The summed E-state index contributed by atoms with van der Waals surface area (Å²) in [5.74, 6) is -0.562. The molecular weight excluding hydrogens is 506 g/mol. The summed E-state index contributed by atoms with van der Waals surface area (Å²) in [5, 5.41) is 10.5. The minimum Gasteiger partial charge on any atom is -0.481 e. The van der Waals surface area contributed by atoms with Gasteiger partial charge in [0.1, 0.15) is 0 Å². The van der Waals surface area contributed by atoms with Gasteiger partial charge in [0.25, 0.3) is 0 Å². The molecule has 40 heavy (non-hydrogen) atoms. The van der Waals surface area contributed by atoms with Crippen molar-refractivity contribution in [3.63, 3.8) is 0 Å². The van der Waals surface area contributed by atoms with Crippen LogP contribution < -0.4 is 20.1 Å². The number of aliphatic carboxylic acids is 1. The number of amides is 1. The molecule has 4 rings (SSSR count). The minimum absolute atomic E-state index is 0.0352. The van der Waals surface area contributed by atoms with Crippen LogP contribution in [0.1, 0.15) is 64.0 Å². The van der Waals surface area contributed by atoms with E-state index in [4.69, 9.17) is 15.2 Å². The number of carbonyl (C=O) groups excluding carboxylic acids is 1. The molecule has 1 amide bonds. The van der Waals surface area contributed by atoms with E-state index in [1.54, 1.807) is 0 Å². The number of benzene rings is 2. The van der Waals surface area contributed by atoms with Gasteiger partial charge in [0.2, 0.25) is 12.7 Å². The van der Waals surface area contributed by atoms with Gasteiger partial charge < -0.3 is 25.2 Å². The average Bonchev–Trinajstić information content (AvgIpc) is 3.53. The fourth-order valence-corrected chi connectivity index (χ4v) is 6.11. The highest BCUT2D eigenvalue weighted by molar-refractivity contribution is 5.95. The molecular formula is C32H43N3O5. The van der Waals surface area contributed by atoms with E-state index in [1.165, 1.54) is 0 Å². The van der Waals surface area contributed by atoms with Crippen molar-refractivity contribution in [1.82, 2.24) is 4.90 Å². The van der Waals surface area contributed by atoms with Crippen molar-refractivity contribution in [2.75, 3.05) is 31.3 Å². The first-order valence-corrected chi connectivity index (χ1v) is 14.3. The maximum atomic E-state index is 14.0. The minimum atomic E-state index is -0.850. The molecule has 1 fully saturated rings. The Balaban J connectivity index is 1.68. The summed E-state index contributed by atoms with van der Waals surface area (Å²) in [5.41, 5.74) is 8.33. The van der Waals surface area contributed by atoms with Crippen LogP contribution in [0.15, 0.2) is 54.6 Å². The molecule has 2 aliphatic rings. The van der Waals surface area contributed by atoms with Crippen molar-refractivity contribution in [1.29, 1.82) is 0 Å². The highest BCUT2D eigenvalue weighted by atomic mass is 16.7. The fraction of sp³-hybridized carbons (Fsp3) is 0.500. The number of fused-ring (bicyclic) bond motifs is 1. The number of allylic oxidation sites excluding steroid dienone is 2. The van der Waals surface area contributed by atoms with Gasteiger partial charge in [-0.3, -0.25) is 14.5 Å². The largest absolute Gasteiger partial charge is 0.481 e. The van der Waals surface area contributed by atoms with Crippen LogP contribution in [0.3, 0.4) is 0 Å². The maximum Gasteiger partial charge on any atom is 0.308 e. The second-order valence-corrected chi connectivity index (χ2v) is 11.5. The van der Waals surface area contributed by atoms with Crippen molar-refractivity contribution in [2.24, 2.45) is 17.1 Å². The Morgan fingerprint density at radius 3 is 2.65 bits per heavy atom. The van der Waals surface area contributed by atoms with E-state index in [9.17, 15) is 14.7 Å². The van der Waals surface area contributed by atoms with Gasteiger partial charge in [0, 0.05) is 37.3 Å². The summed E-state index contributed by atoms with van der Waals surface area (Å²) in [4.78, 5) is 30.8. The average molecular weight is 550 g/mol. The zero-order valence-electron chi connectivity index (χ0n) is 24.1. The first kappa shape index (κ1) is 29.6. The lowest BCUT2D eigenvalue weighted by molar-refractivity contribution is -0.143. The van der Waals surface area contributed by atoms with Gasteiger partial charge >= 0.3 is 5.97 Å². The summed E-state index contributed by atoms with van der Waals surface area (Å²) < 4.78 is 11.1. The number of hydrogen-bond donors (Lipinski definition) is 2. The molecule has 0 aromatic heterocycles. The molecule has 0 aliphatic carbocycles. The summed E-state index contributed by atoms with van der Waals surface area (Å²) in [6.07, 6.45) is 6.56. The summed E-state index contributed by atoms with van der Waals surface area (Å²) >= 11 is 0. The van der Waals surface area contributed by atoms with Gasteiger partial charge in [-0.25, -0.2) is 0 Å². The third kappa shape index (κ3) is 6.67. The van der Waals surface area contributed by atoms with Gasteiger partial charge in [-0.1, -0.05) is 57.5 Å². The van der Waals surface area contributed by atoms with Gasteiger partial charge in [0.15, 0.2) is 11.5 Å². The van der Waals surface area contributed by atoms with Crippen molar-refractivity contribution in [3.8, 4) is 11.5 Å². The molecule has 3 atom stereocenters. The van der Waals surface area contributed by atoms with Crippen LogP contribution in [0.5, 0.6) is 11.5 Å². The van der Waals surface area contributed by atoms with Gasteiger partial charge in [-0.2, -0.15) is 0 Å². The predicted molar refractivity (Wildman–Crippen MR) is 157 cm³/mol. The molecule has 2 aliphatic heterocycles. The van der Waals surface area contributed by atoms with E-state index in [0.717, 1.165) is 29.7 Å². The molecule has 8 heteroatoms. The van der Waals surface area contributed by atoms with E-state index in [2.05, 4.69) is 31.7 Å². The number of likely N-dealkylation sites (tertiary alicyclic amines) is 1. The smallest absolute Gasteiger partial charge is 0.308 e. The van der Waals surface area contributed by atoms with Crippen LogP contribution in [-0.4, -0.2) is 54.4 Å². The Morgan fingerprint density at radius 2 is 1.95 bits per heavy atom. The molecule has 8 nitrogen and oxygen atoms in total. The van der Waals surface area contributed by atoms with Gasteiger partial charge in [-0.15, -0.1) is 0 Å². The number of hydrogen-bond acceptors (Lipinski definition) is 6. The van der Waals surface area contributed by atoms with Crippen LogP contribution in [0.4, 0.5) is 5.69 Å². The normalized spacial score (nSPS) is 20.8. The Hall–Kier alpha value is -3.36. The van der Waals surface area contributed by atoms with E-state index in [-0.39, 0.29) is 36.6 Å². The third-order valence-corrected chi connectivity index (χ3v) is 8.04. The Morgan fingerprint density at radius 1 is 1.18 bits per heavy atom. The lowest BCUT2D eigenvalue weighted by Crippen LogP contribution is -2.45. The molecule has 0 radical (unpaired) electrons. The van der Waals surface area contributed by atoms with E-state index >= 15 is 0 Å². The molecule has 2 aromatic rings. The van der Waals surface area contributed by atoms with Crippen LogP contribution in [-0.2, 0) is 16.1 Å². The number of carboxylic acids is 1. The zero-order valence-corrected chi connectivity index (χ0v) is 24.1. The SMILES string of the molecule is C/C=C/C(C)(C)C[C@H]1[C@H](C(=O)O)[C@@H](c2ccc3c(c2)OCO3)CN1CC(=O)N(CCCC)c1cccc(CN)c1. The molecule has 216 valence electrons. The van der Waals surface area contributed by atoms with Gasteiger partial charge in [0.05, 0.1) is 12.5 Å². The van der Waals surface area contributed by atoms with E-state index < -0.39 is 11.9 Å². The Kier molecular flexibility index (Phi) is 9.53. The lowest BCUT2D eigenvalue weighted by atomic mass is 9.77. The van der Waals surface area contributed by atoms with Crippen LogP contribution in [0, 0.1) is 11.3 Å². The number of nitrogens with two attached hydrogens (primary N) is 1. The van der Waals surface area contributed by atoms with Crippen LogP contribution in [0.25, 0.3) is 0 Å². The summed E-state index contributed by atoms with van der Waals surface area (Å²) in [6, 6.07) is 13.1. The van der Waals surface area contributed by atoms with E-state index in [0.29, 0.717) is 37.6 Å². The number of carboxylic acid groups (broad SMARTS) is 1. The molecule has 0 saturated carbocycles. The second-order valence-electron chi connectivity index (χ2n) is 11.5. The van der Waals surface area contributed by atoms with Crippen molar-refractivity contribution < 1.29 is 24.2 Å². The summed E-state index contributed by atoms with van der Waals surface area (Å²) in [6.45, 7) is 10.1. The third-order valence-electron chi connectivity index (χ3n) is 8.04. The number of carbonyl (C=O) groups is 2. The summed E-state index contributed by atoms with van der Waals surface area (Å²) in [7, 11) is 0. The lowest BCUT2D eigenvalue weighted by Gasteiger charge is -2.34. The number of unbranched alkanes of at least 4 members (excludes halogenated alkanes) is 1. The molecule has 2 heterocycles.